The number of aliphatic hydroxyl groups is 26. The molecule has 9 rings (SSSR count). The third-order valence-electron chi connectivity index (χ3n) is 19.5. The number of nitrogens with one attached hydrogen (secondary N) is 2. The fourth-order valence-electron chi connectivity index (χ4n) is 13.5. The van der Waals surface area contributed by atoms with E-state index in [0.717, 1.165) is 13.8 Å². The molecule has 9 heterocycles. The molecule has 105 heavy (non-hydrogen) atoms. The summed E-state index contributed by atoms with van der Waals surface area (Å²) in [7, 11) is 0. The summed E-state index contributed by atoms with van der Waals surface area (Å²) in [6.45, 7) is -7.69. The van der Waals surface area contributed by atoms with Crippen LogP contribution in [0.3, 0.4) is 0 Å². The monoisotopic (exact) mass is 1540 g/mol. The standard InChI is InChI=1S/C58H98N2O45/c1-13(68)59-15-10-89-21(8-66)45(26(15)70)100-51-25(60-14(2)69)34(78)46(22(9-67)97-51)101-55-44(88)47(33(77)24(98-55)12-90-52-41(85)35(79)27(71)16(3-61)92-52)102-58-50(105-57-49(39(83)31(75)20(7-65)96-57)104-54-43(87)37(81)29(73)18(5-63)94-54)40(84)32(76)23(99-58)11-91-56-48(38(82)30(74)19(6-64)95-56)103-53-42(86)36(80)28(72)17(4-62)93-53/h15-58,61-67,70-88H,3-12H2,1-2H3,(H,59,68)(H,60,69)/t15-,16+,17+,18+,19+,20+,21+,22+,23+,24+,25+,26+,27+,28+,29+,30+,31+,32+,33+,34+,35-,36-,37-,38-,39-,40-,41-,42-,43-,44-,45+,46+,47-,48-,49-,50-,51-,52-,53+,54-,55-,56-,57+,58+/m0/s1. The molecule has 0 aromatic rings. The zero-order valence-electron chi connectivity index (χ0n) is 55.9. The van der Waals surface area contributed by atoms with E-state index in [2.05, 4.69) is 10.6 Å². The van der Waals surface area contributed by atoms with E-state index in [1.165, 1.54) is 0 Å². The first-order valence-corrected chi connectivity index (χ1v) is 33.5. The molecule has 0 saturated carbocycles. The number of amides is 2. The van der Waals surface area contributed by atoms with E-state index in [9.17, 15) is 142 Å². The summed E-state index contributed by atoms with van der Waals surface area (Å²) in [5, 5.41) is 291. The Kier molecular flexibility index (Phi) is 31.0. The quantitative estimate of drug-likeness (QED) is 0.0363. The highest BCUT2D eigenvalue weighted by Gasteiger charge is 2.60. The van der Waals surface area contributed by atoms with Gasteiger partial charge in [-0.05, 0) is 0 Å². The van der Waals surface area contributed by atoms with Crippen LogP contribution in [0.5, 0.6) is 0 Å². The van der Waals surface area contributed by atoms with E-state index in [1.807, 2.05) is 0 Å². The van der Waals surface area contributed by atoms with Gasteiger partial charge >= 0.3 is 0 Å². The highest BCUT2D eigenvalue weighted by molar-refractivity contribution is 5.73. The molecular formula is C58H98N2O45. The van der Waals surface area contributed by atoms with Gasteiger partial charge in [0.1, 0.15) is 214 Å². The summed E-state index contributed by atoms with van der Waals surface area (Å²) in [5.41, 5.74) is 0. The second-order valence-electron chi connectivity index (χ2n) is 26.6. The van der Waals surface area contributed by atoms with Gasteiger partial charge in [0.2, 0.25) is 11.8 Å². The number of hydrogen-bond acceptors (Lipinski definition) is 45. The molecule has 9 aliphatic rings. The molecule has 9 aliphatic heterocycles. The Morgan fingerprint density at radius 3 is 1.04 bits per heavy atom. The minimum absolute atomic E-state index is 0.338. The van der Waals surface area contributed by atoms with E-state index in [1.54, 1.807) is 0 Å². The molecule has 0 unspecified atom stereocenters. The third kappa shape index (κ3) is 18.8. The minimum atomic E-state index is -2.58. The summed E-state index contributed by atoms with van der Waals surface area (Å²) in [5.74, 6) is -1.52. The number of rotatable bonds is 27. The molecule has 0 aromatic carbocycles. The minimum Gasteiger partial charge on any atom is -0.394 e. The maximum absolute atomic E-state index is 12.9. The van der Waals surface area contributed by atoms with Crippen molar-refractivity contribution in [1.29, 1.82) is 0 Å². The largest absolute Gasteiger partial charge is 0.394 e. The first-order chi connectivity index (χ1) is 49.8. The van der Waals surface area contributed by atoms with Crippen LogP contribution < -0.4 is 10.6 Å². The van der Waals surface area contributed by atoms with E-state index in [0.29, 0.717) is 0 Å². The van der Waals surface area contributed by atoms with Gasteiger partial charge in [-0.25, -0.2) is 0 Å². The van der Waals surface area contributed by atoms with Crippen molar-refractivity contribution in [3.05, 3.63) is 0 Å². The van der Waals surface area contributed by atoms with Gasteiger partial charge in [0, 0.05) is 13.8 Å². The molecule has 0 bridgehead atoms. The van der Waals surface area contributed by atoms with Gasteiger partial charge in [0.05, 0.1) is 72.1 Å². The third-order valence-corrected chi connectivity index (χ3v) is 19.5. The Hall–Kier alpha value is -2.78. The molecule has 9 fully saturated rings. The van der Waals surface area contributed by atoms with E-state index >= 15 is 0 Å². The number of ether oxygens (including phenoxy) is 17. The van der Waals surface area contributed by atoms with Crippen LogP contribution in [0.4, 0.5) is 0 Å². The van der Waals surface area contributed by atoms with E-state index < -0.39 is 341 Å². The Labute approximate surface area is 593 Å². The van der Waals surface area contributed by atoms with Crippen LogP contribution in [0.2, 0.25) is 0 Å². The van der Waals surface area contributed by atoms with Gasteiger partial charge in [0.15, 0.2) is 50.3 Å². The van der Waals surface area contributed by atoms with Crippen molar-refractivity contribution in [3.63, 3.8) is 0 Å². The number of hydrogen-bond donors (Lipinski definition) is 28. The Bertz CT molecular complexity index is 2670. The molecule has 28 N–H and O–H groups in total. The Morgan fingerprint density at radius 1 is 0.276 bits per heavy atom. The van der Waals surface area contributed by atoms with Gasteiger partial charge in [-0.2, -0.15) is 0 Å². The normalized spacial score (nSPS) is 50.8. The molecule has 0 spiro atoms. The van der Waals surface area contributed by atoms with Gasteiger partial charge in [0.25, 0.3) is 0 Å². The highest BCUT2D eigenvalue weighted by Crippen LogP contribution is 2.40. The molecule has 0 aliphatic carbocycles. The van der Waals surface area contributed by atoms with Crippen LogP contribution in [0.15, 0.2) is 0 Å². The zero-order valence-corrected chi connectivity index (χ0v) is 55.9. The molecule has 47 nitrogen and oxygen atoms in total. The molecule has 9 saturated heterocycles. The lowest BCUT2D eigenvalue weighted by atomic mass is 9.94. The fourth-order valence-corrected chi connectivity index (χ4v) is 13.5. The Balaban J connectivity index is 1.08. The lowest BCUT2D eigenvalue weighted by Gasteiger charge is -2.51. The van der Waals surface area contributed by atoms with Gasteiger partial charge in [-0.1, -0.05) is 0 Å². The smallest absolute Gasteiger partial charge is 0.217 e. The first-order valence-electron chi connectivity index (χ1n) is 33.5. The molecule has 0 aromatic heterocycles. The lowest BCUT2D eigenvalue weighted by molar-refractivity contribution is -0.410. The summed E-state index contributed by atoms with van der Waals surface area (Å²) >= 11 is 0. The van der Waals surface area contributed by atoms with Crippen molar-refractivity contribution >= 4 is 11.8 Å². The highest BCUT2D eigenvalue weighted by atomic mass is 16.8. The molecule has 44 atom stereocenters. The summed E-state index contributed by atoms with van der Waals surface area (Å²) in [6, 6.07) is -3.01. The van der Waals surface area contributed by atoms with Crippen LogP contribution >= 0.6 is 0 Å². The molecule has 610 valence electrons. The molecule has 2 amide bonds. The van der Waals surface area contributed by atoms with Crippen molar-refractivity contribution in [2.75, 3.05) is 66.1 Å². The van der Waals surface area contributed by atoms with Crippen molar-refractivity contribution < 1.29 is 223 Å². The van der Waals surface area contributed by atoms with Crippen molar-refractivity contribution in [3.8, 4) is 0 Å². The van der Waals surface area contributed by atoms with Crippen LogP contribution in [0.25, 0.3) is 0 Å². The van der Waals surface area contributed by atoms with Crippen LogP contribution in [-0.4, -0.2) is 481 Å². The van der Waals surface area contributed by atoms with E-state index in [4.69, 9.17) is 80.5 Å². The molecule has 0 radical (unpaired) electrons. The topological polar surface area (TPSA) is 741 Å². The predicted molar refractivity (Wildman–Crippen MR) is 319 cm³/mol. The molecule has 47 heteroatoms. The maximum atomic E-state index is 12.9. The van der Waals surface area contributed by atoms with Crippen molar-refractivity contribution in [2.24, 2.45) is 0 Å². The van der Waals surface area contributed by atoms with E-state index in [-0.39, 0.29) is 6.61 Å². The Morgan fingerprint density at radius 2 is 0.581 bits per heavy atom. The predicted octanol–water partition coefficient (Wildman–Crippen LogP) is -19.7. The SMILES string of the molecule is CC(=O)N[C@H]1[C@H](O[C@H]2[C@H](O)[C@@H](NC(C)=O)CO[C@@H]2CO)O[C@H](CO)[C@@H](O[C@@H]2O[C@H](CO[C@H]3O[C@H](CO)[C@@H](O)[C@H](O)[C@@H]3O)[C@@H](O)[C@H](O[C@H]3O[C@H](CO[C@H]4O[C@H](CO)[C@@H](O)[C@H](O)[C@@H]4O[C@H]4O[C@H](CO)[C@@H](O)[C@H](O)[C@@H]4O)[C@@H](O)[C@H](O)[C@@H]3O[C@H]3O[C@H](CO)[C@@H](O)[C@H](O)[C@@H]3O[C@@H]3O[C@H](CO)[C@@H](O)[C@H](O)[C@@H]3O)[C@@H]2O)[C@@H]1O. The summed E-state index contributed by atoms with van der Waals surface area (Å²) < 4.78 is 99.7. The second kappa shape index (κ2) is 37.7. The number of carbonyl (C=O) groups excluding carboxylic acids is 2. The summed E-state index contributed by atoms with van der Waals surface area (Å²) in [4.78, 5) is 25.0. The number of aliphatic hydroxyl groups excluding tert-OH is 26. The van der Waals surface area contributed by atoms with Gasteiger partial charge in [-0.3, -0.25) is 9.59 Å². The van der Waals surface area contributed by atoms with Crippen LogP contribution in [-0.2, 0) is 90.1 Å². The van der Waals surface area contributed by atoms with Crippen molar-refractivity contribution in [1.82, 2.24) is 10.6 Å². The second-order valence-corrected chi connectivity index (χ2v) is 26.6. The summed E-state index contributed by atoms with van der Waals surface area (Å²) in [6.07, 6.45) is -88.2. The lowest BCUT2D eigenvalue weighted by Crippen LogP contribution is -2.70. The zero-order chi connectivity index (χ0) is 77.1. The maximum Gasteiger partial charge on any atom is 0.217 e. The first kappa shape index (κ1) is 86.2. The average molecular weight is 1540 g/mol. The average Bonchev–Trinajstić information content (AvgIpc) is 0.762. The van der Waals surface area contributed by atoms with Crippen LogP contribution in [0.1, 0.15) is 13.8 Å². The van der Waals surface area contributed by atoms with Crippen LogP contribution in [0, 0.1) is 0 Å². The molecular weight excluding hydrogens is 1440 g/mol. The fraction of sp³-hybridized carbons (Fsp3) is 0.966. The van der Waals surface area contributed by atoms with Gasteiger partial charge in [-0.15, -0.1) is 0 Å². The number of carbonyl (C=O) groups is 2. The van der Waals surface area contributed by atoms with Crippen molar-refractivity contribution in [2.45, 2.75) is 284 Å². The van der Waals surface area contributed by atoms with Gasteiger partial charge < -0.3 is 224 Å².